The Morgan fingerprint density at radius 1 is 1.33 bits per heavy atom. The minimum absolute atomic E-state index is 0.232. The van der Waals surface area contributed by atoms with Crippen LogP contribution in [0.1, 0.15) is 20.9 Å². The number of rotatable bonds is 4. The number of aromatic carboxylic acids is 1. The first-order valence-electron chi connectivity index (χ1n) is 5.45. The smallest absolute Gasteiger partial charge is 0.338 e. The van der Waals surface area contributed by atoms with Crippen molar-refractivity contribution >= 4 is 23.3 Å². The molecule has 0 aliphatic carbocycles. The third kappa shape index (κ3) is 3.03. The van der Waals surface area contributed by atoms with Gasteiger partial charge in [0.15, 0.2) is 11.6 Å². The van der Waals surface area contributed by atoms with E-state index in [1.165, 1.54) is 0 Å². The summed E-state index contributed by atoms with van der Waals surface area (Å²) in [5, 5.41) is 21.3. The average Bonchev–Trinajstić information content (AvgIpc) is 2.90. The molecule has 0 unspecified atom stereocenters. The van der Waals surface area contributed by atoms with Crippen LogP contribution in [0.5, 0.6) is 0 Å². The Balaban J connectivity index is 2.19. The van der Waals surface area contributed by atoms with Gasteiger partial charge in [-0.15, -0.1) is 0 Å². The highest BCUT2D eigenvalue weighted by Crippen LogP contribution is 2.21. The third-order valence-electron chi connectivity index (χ3n) is 2.48. The van der Waals surface area contributed by atoms with E-state index < -0.39 is 28.3 Å². The summed E-state index contributed by atoms with van der Waals surface area (Å²) in [4.78, 5) is 32.0. The van der Waals surface area contributed by atoms with Crippen molar-refractivity contribution in [3.05, 3.63) is 57.8 Å². The van der Waals surface area contributed by atoms with Crippen molar-refractivity contribution in [2.75, 3.05) is 5.32 Å². The van der Waals surface area contributed by atoms with Gasteiger partial charge in [0.25, 0.3) is 11.6 Å². The van der Waals surface area contributed by atoms with Crippen LogP contribution in [0, 0.1) is 15.9 Å². The predicted molar refractivity (Wildman–Crippen MR) is 66.7 cm³/mol. The molecular weight excluding hydrogens is 287 g/mol. The fourth-order valence-corrected chi connectivity index (χ4v) is 1.47. The van der Waals surface area contributed by atoms with Crippen molar-refractivity contribution < 1.29 is 28.4 Å². The number of nitro benzene ring substituents is 1. The largest absolute Gasteiger partial charge is 0.478 e. The molecule has 0 aliphatic heterocycles. The zero-order valence-electron chi connectivity index (χ0n) is 10.2. The molecule has 0 aliphatic rings. The van der Waals surface area contributed by atoms with Gasteiger partial charge in [-0.3, -0.25) is 14.9 Å². The van der Waals surface area contributed by atoms with Crippen LogP contribution in [0.15, 0.2) is 34.9 Å². The second-order valence-corrected chi connectivity index (χ2v) is 3.88. The second kappa shape index (κ2) is 5.41. The lowest BCUT2D eigenvalue weighted by molar-refractivity contribution is -0.385. The Kier molecular flexibility index (Phi) is 3.65. The number of nitrogens with zero attached hydrogens (tertiary/aromatic N) is 1. The average molecular weight is 294 g/mol. The van der Waals surface area contributed by atoms with Crippen LogP contribution in [0.25, 0.3) is 0 Å². The monoisotopic (exact) mass is 294 g/mol. The van der Waals surface area contributed by atoms with Gasteiger partial charge in [0.2, 0.25) is 0 Å². The first-order valence-corrected chi connectivity index (χ1v) is 5.45. The lowest BCUT2D eigenvalue weighted by Crippen LogP contribution is -2.12. The number of carbonyl (C=O) groups excluding carboxylic acids is 1. The summed E-state index contributed by atoms with van der Waals surface area (Å²) in [5.74, 6) is -3.48. The highest BCUT2D eigenvalue weighted by molar-refractivity contribution is 6.03. The molecule has 108 valence electrons. The molecule has 0 saturated heterocycles. The van der Waals surface area contributed by atoms with Crippen LogP contribution < -0.4 is 5.32 Å². The number of hydrogen-bond acceptors (Lipinski definition) is 5. The van der Waals surface area contributed by atoms with Crippen molar-refractivity contribution in [2.24, 2.45) is 0 Å². The summed E-state index contributed by atoms with van der Waals surface area (Å²) in [5.41, 5.74) is -0.986. The summed E-state index contributed by atoms with van der Waals surface area (Å²) in [6, 6.07) is 3.66. The van der Waals surface area contributed by atoms with Crippen LogP contribution in [-0.2, 0) is 0 Å². The number of hydrogen-bond donors (Lipinski definition) is 2. The van der Waals surface area contributed by atoms with Crippen LogP contribution in [0.2, 0.25) is 0 Å². The van der Waals surface area contributed by atoms with Gasteiger partial charge in [-0.25, -0.2) is 9.18 Å². The standard InChI is InChI=1S/C12H7FN2O6/c13-8-4-7(15(19)20)1-2-9(8)14-11(16)10-3-6(5-21-10)12(17)18/h1-5H,(H,14,16)(H,17,18). The molecule has 0 spiro atoms. The molecule has 2 N–H and O–H groups in total. The number of nitrogens with one attached hydrogen (secondary N) is 1. The zero-order valence-corrected chi connectivity index (χ0v) is 10.2. The van der Waals surface area contributed by atoms with Gasteiger partial charge in [-0.05, 0) is 6.07 Å². The van der Waals surface area contributed by atoms with E-state index in [4.69, 9.17) is 9.52 Å². The molecule has 9 heteroatoms. The van der Waals surface area contributed by atoms with E-state index in [-0.39, 0.29) is 17.0 Å². The van der Waals surface area contributed by atoms with Crippen molar-refractivity contribution in [3.8, 4) is 0 Å². The molecule has 1 heterocycles. The maximum atomic E-state index is 13.6. The normalized spacial score (nSPS) is 10.1. The number of halogens is 1. The summed E-state index contributed by atoms with van der Waals surface area (Å²) >= 11 is 0. The Bertz CT molecular complexity index is 739. The van der Waals surface area contributed by atoms with Gasteiger partial charge >= 0.3 is 5.97 Å². The van der Waals surface area contributed by atoms with Crippen molar-refractivity contribution in [1.82, 2.24) is 0 Å². The van der Waals surface area contributed by atoms with E-state index >= 15 is 0 Å². The molecule has 8 nitrogen and oxygen atoms in total. The van der Waals surface area contributed by atoms with E-state index in [0.29, 0.717) is 6.07 Å². The molecule has 0 bridgehead atoms. The van der Waals surface area contributed by atoms with Crippen molar-refractivity contribution in [1.29, 1.82) is 0 Å². The molecule has 21 heavy (non-hydrogen) atoms. The number of amides is 1. The molecule has 0 radical (unpaired) electrons. The second-order valence-electron chi connectivity index (χ2n) is 3.88. The van der Waals surface area contributed by atoms with E-state index in [2.05, 4.69) is 5.32 Å². The first-order chi connectivity index (χ1) is 9.88. The Hall–Kier alpha value is -3.23. The molecule has 1 aromatic heterocycles. The minimum atomic E-state index is -1.28. The van der Waals surface area contributed by atoms with Gasteiger partial charge in [0, 0.05) is 12.1 Å². The van der Waals surface area contributed by atoms with Gasteiger partial charge < -0.3 is 14.8 Å². The predicted octanol–water partition coefficient (Wildman–Crippen LogP) is 2.28. The number of anilines is 1. The fourth-order valence-electron chi connectivity index (χ4n) is 1.47. The van der Waals surface area contributed by atoms with E-state index in [1.807, 2.05) is 0 Å². The van der Waals surface area contributed by atoms with Crippen molar-refractivity contribution in [3.63, 3.8) is 0 Å². The summed E-state index contributed by atoms with van der Waals surface area (Å²) in [7, 11) is 0. The van der Waals surface area contributed by atoms with Crippen LogP contribution in [0.3, 0.4) is 0 Å². The number of non-ortho nitro benzene ring substituents is 1. The Labute approximate surface area is 115 Å². The molecular formula is C12H7FN2O6. The highest BCUT2D eigenvalue weighted by atomic mass is 19.1. The molecule has 0 atom stereocenters. The Morgan fingerprint density at radius 3 is 2.57 bits per heavy atom. The molecule has 1 amide bonds. The lowest BCUT2D eigenvalue weighted by atomic mass is 10.2. The Morgan fingerprint density at radius 2 is 2.05 bits per heavy atom. The number of carboxylic acid groups (broad SMARTS) is 1. The topological polar surface area (TPSA) is 123 Å². The zero-order chi connectivity index (χ0) is 15.6. The molecule has 0 saturated carbocycles. The molecule has 2 rings (SSSR count). The lowest BCUT2D eigenvalue weighted by Gasteiger charge is -2.04. The summed E-state index contributed by atoms with van der Waals surface area (Å²) in [6.07, 6.45) is 0.865. The van der Waals surface area contributed by atoms with E-state index in [9.17, 15) is 24.1 Å². The maximum Gasteiger partial charge on any atom is 0.338 e. The SMILES string of the molecule is O=C(O)c1coc(C(=O)Nc2ccc([N+](=O)[O-])cc2F)c1. The van der Waals surface area contributed by atoms with Crippen LogP contribution in [-0.4, -0.2) is 21.9 Å². The number of carbonyl (C=O) groups is 2. The number of carboxylic acids is 1. The number of nitro groups is 1. The molecule has 0 fully saturated rings. The van der Waals surface area contributed by atoms with Gasteiger partial charge in [-0.2, -0.15) is 0 Å². The fraction of sp³-hybridized carbons (Fsp3) is 0. The quantitative estimate of drug-likeness (QED) is 0.658. The van der Waals surface area contributed by atoms with E-state index in [1.54, 1.807) is 0 Å². The summed E-state index contributed by atoms with van der Waals surface area (Å²) in [6.45, 7) is 0. The summed E-state index contributed by atoms with van der Waals surface area (Å²) < 4.78 is 18.3. The third-order valence-corrected chi connectivity index (χ3v) is 2.48. The van der Waals surface area contributed by atoms with Gasteiger partial charge in [0.05, 0.1) is 22.2 Å². The van der Waals surface area contributed by atoms with Gasteiger partial charge in [-0.1, -0.05) is 0 Å². The molecule has 2 aromatic rings. The number of benzene rings is 1. The number of furan rings is 1. The maximum absolute atomic E-state index is 13.6. The minimum Gasteiger partial charge on any atom is -0.478 e. The van der Waals surface area contributed by atoms with Crippen molar-refractivity contribution in [2.45, 2.75) is 0 Å². The van der Waals surface area contributed by atoms with Crippen LogP contribution in [0.4, 0.5) is 15.8 Å². The van der Waals surface area contributed by atoms with Gasteiger partial charge in [0.1, 0.15) is 6.26 Å². The molecule has 1 aromatic carbocycles. The first kappa shape index (κ1) is 14.2. The highest BCUT2D eigenvalue weighted by Gasteiger charge is 2.17. The van der Waals surface area contributed by atoms with Crippen LogP contribution >= 0.6 is 0 Å². The van der Waals surface area contributed by atoms with E-state index in [0.717, 1.165) is 24.5 Å².